The Morgan fingerprint density at radius 3 is 2.55 bits per heavy atom. The molecular formula is C28H29F4N3O5. The van der Waals surface area contributed by atoms with Crippen molar-refractivity contribution in [3.63, 3.8) is 0 Å². The first kappa shape index (κ1) is 28.2. The number of halogens is 4. The van der Waals surface area contributed by atoms with Crippen LogP contribution in [0.1, 0.15) is 47.3 Å². The van der Waals surface area contributed by atoms with Crippen LogP contribution in [-0.4, -0.2) is 64.5 Å². The zero-order valence-corrected chi connectivity index (χ0v) is 21.5. The number of dihydropyridines is 1. The van der Waals surface area contributed by atoms with Crippen molar-refractivity contribution >= 4 is 11.6 Å². The number of carbonyl (C=O) groups excluding carboxylic acids is 1. The van der Waals surface area contributed by atoms with E-state index in [1.807, 2.05) is 0 Å². The molecule has 5 N–H and O–H groups in total. The number of aliphatic hydroxyl groups excluding tert-OH is 1. The van der Waals surface area contributed by atoms with Gasteiger partial charge in [-0.2, -0.15) is 13.2 Å². The van der Waals surface area contributed by atoms with E-state index in [0.717, 1.165) is 31.1 Å². The van der Waals surface area contributed by atoms with E-state index in [1.165, 1.54) is 30.3 Å². The highest BCUT2D eigenvalue weighted by Gasteiger charge is 2.59. The molecule has 0 radical (unpaired) electrons. The summed E-state index contributed by atoms with van der Waals surface area (Å²) in [5.74, 6) is -1.05. The first-order chi connectivity index (χ1) is 18.8. The lowest BCUT2D eigenvalue weighted by Crippen LogP contribution is -2.59. The van der Waals surface area contributed by atoms with Crippen molar-refractivity contribution in [3.05, 3.63) is 76.6 Å². The van der Waals surface area contributed by atoms with E-state index in [4.69, 9.17) is 15.2 Å². The van der Waals surface area contributed by atoms with Gasteiger partial charge in [-0.25, -0.2) is 4.39 Å². The van der Waals surface area contributed by atoms with Crippen molar-refractivity contribution in [1.82, 2.24) is 5.32 Å². The molecule has 2 aliphatic heterocycles. The molecule has 2 aromatic carbocycles. The highest BCUT2D eigenvalue weighted by Crippen LogP contribution is 2.44. The van der Waals surface area contributed by atoms with Crippen LogP contribution in [0.2, 0.25) is 0 Å². The van der Waals surface area contributed by atoms with Gasteiger partial charge in [0, 0.05) is 11.1 Å². The molecule has 1 saturated carbocycles. The fourth-order valence-corrected chi connectivity index (χ4v) is 4.78. The van der Waals surface area contributed by atoms with E-state index in [9.17, 15) is 32.6 Å². The van der Waals surface area contributed by atoms with E-state index < -0.39 is 60.0 Å². The van der Waals surface area contributed by atoms with Crippen molar-refractivity contribution < 1.29 is 42.0 Å². The van der Waals surface area contributed by atoms with Crippen LogP contribution in [0, 0.1) is 5.82 Å². The van der Waals surface area contributed by atoms with Crippen LogP contribution in [0.4, 0.5) is 17.6 Å². The zero-order valence-electron chi connectivity index (χ0n) is 21.5. The Bertz CT molecular complexity index is 1350. The van der Waals surface area contributed by atoms with Crippen LogP contribution in [0.3, 0.4) is 0 Å². The topological polar surface area (TPSA) is 126 Å². The lowest BCUT2D eigenvalue weighted by atomic mass is 9.81. The average molecular weight is 564 g/mol. The molecule has 2 aromatic rings. The van der Waals surface area contributed by atoms with E-state index in [2.05, 4.69) is 10.3 Å². The maximum atomic E-state index is 14.5. The minimum absolute atomic E-state index is 0.00117. The molecule has 12 heteroatoms. The number of hydrogen-bond acceptors (Lipinski definition) is 7. The second kappa shape index (κ2) is 10.3. The van der Waals surface area contributed by atoms with E-state index >= 15 is 0 Å². The molecule has 3 aliphatic rings. The van der Waals surface area contributed by atoms with Gasteiger partial charge in [-0.1, -0.05) is 12.1 Å². The summed E-state index contributed by atoms with van der Waals surface area (Å²) in [6.45, 7) is -0.104. The van der Waals surface area contributed by atoms with E-state index in [0.29, 0.717) is 22.4 Å². The van der Waals surface area contributed by atoms with Gasteiger partial charge in [-0.3, -0.25) is 9.79 Å². The number of aliphatic hydroxyl groups is 2. The molecule has 214 valence electrons. The normalized spacial score (nSPS) is 25.9. The predicted octanol–water partition coefficient (Wildman–Crippen LogP) is 3.12. The summed E-state index contributed by atoms with van der Waals surface area (Å²) in [4.78, 5) is 17.1. The summed E-state index contributed by atoms with van der Waals surface area (Å²) in [7, 11) is 0. The zero-order chi connectivity index (χ0) is 28.9. The third-order valence-corrected chi connectivity index (χ3v) is 7.31. The Balaban J connectivity index is 1.45. The van der Waals surface area contributed by atoms with Crippen molar-refractivity contribution in [1.29, 1.82) is 0 Å². The number of aliphatic imine (C=N–C) groups is 1. The van der Waals surface area contributed by atoms with Gasteiger partial charge in [0.15, 0.2) is 0 Å². The number of nitrogens with zero attached hydrogens (tertiary/aromatic N) is 1. The number of fused-ring (bicyclic) bond motifs is 1. The summed E-state index contributed by atoms with van der Waals surface area (Å²) < 4.78 is 68.5. The molecule has 1 amide bonds. The lowest BCUT2D eigenvalue weighted by Gasteiger charge is -2.36. The number of benzene rings is 2. The third kappa shape index (κ3) is 5.36. The van der Waals surface area contributed by atoms with Crippen LogP contribution in [0.5, 0.6) is 5.75 Å². The Kier molecular flexibility index (Phi) is 7.24. The lowest BCUT2D eigenvalue weighted by molar-refractivity contribution is -0.227. The summed E-state index contributed by atoms with van der Waals surface area (Å²) >= 11 is 0. The van der Waals surface area contributed by atoms with E-state index in [-0.39, 0.29) is 18.3 Å². The molecule has 1 saturated heterocycles. The van der Waals surface area contributed by atoms with Crippen LogP contribution >= 0.6 is 0 Å². The molecule has 2 heterocycles. The quantitative estimate of drug-likeness (QED) is 0.366. The first-order valence-electron chi connectivity index (χ1n) is 12.8. The molecule has 4 unspecified atom stereocenters. The van der Waals surface area contributed by atoms with Crippen molar-refractivity contribution in [2.24, 2.45) is 10.7 Å². The van der Waals surface area contributed by atoms with Crippen LogP contribution < -0.4 is 15.8 Å². The van der Waals surface area contributed by atoms with Crippen LogP contribution in [0.25, 0.3) is 0 Å². The molecule has 5 rings (SSSR count). The maximum absolute atomic E-state index is 14.5. The van der Waals surface area contributed by atoms with Crippen LogP contribution in [-0.2, 0) is 11.3 Å². The SMILES string of the molecule is CC1(N)COC2C1=CC(C(O)(CNC(=O)c1ccc(OC3CC3)c(CO)c1)C(F)(F)F)=NC2c1ccc(F)cc1. The van der Waals surface area contributed by atoms with E-state index in [1.54, 1.807) is 6.92 Å². The van der Waals surface area contributed by atoms with Gasteiger partial charge in [0.1, 0.15) is 23.7 Å². The van der Waals surface area contributed by atoms with Gasteiger partial charge in [0.2, 0.25) is 5.60 Å². The molecule has 0 bridgehead atoms. The Hall–Kier alpha value is -3.32. The molecule has 0 spiro atoms. The number of hydrogen-bond donors (Lipinski definition) is 4. The number of rotatable bonds is 8. The number of ether oxygens (including phenoxy) is 2. The number of nitrogens with two attached hydrogens (primary N) is 1. The fourth-order valence-electron chi connectivity index (χ4n) is 4.78. The summed E-state index contributed by atoms with van der Waals surface area (Å²) in [5, 5.41) is 22.9. The summed E-state index contributed by atoms with van der Waals surface area (Å²) in [5.41, 5.74) is 1.76. The number of alkyl halides is 3. The third-order valence-electron chi connectivity index (χ3n) is 7.31. The highest BCUT2D eigenvalue weighted by atomic mass is 19.4. The Morgan fingerprint density at radius 1 is 1.23 bits per heavy atom. The van der Waals surface area contributed by atoms with Crippen molar-refractivity contribution in [2.45, 2.75) is 61.9 Å². The summed E-state index contributed by atoms with van der Waals surface area (Å²) in [6, 6.07) is 8.17. The molecular weight excluding hydrogens is 534 g/mol. The van der Waals surface area contributed by atoms with Gasteiger partial charge in [-0.15, -0.1) is 0 Å². The number of carbonyl (C=O) groups is 1. The van der Waals surface area contributed by atoms with Gasteiger partial charge in [0.25, 0.3) is 5.91 Å². The largest absolute Gasteiger partial charge is 0.490 e. The molecule has 8 nitrogen and oxygen atoms in total. The fraction of sp³-hybridized carbons (Fsp3) is 0.429. The van der Waals surface area contributed by atoms with Gasteiger partial charge in [0.05, 0.1) is 37.1 Å². The maximum Gasteiger partial charge on any atom is 0.424 e. The molecule has 4 atom stereocenters. The Morgan fingerprint density at radius 2 is 1.93 bits per heavy atom. The van der Waals surface area contributed by atoms with Crippen LogP contribution in [0.15, 0.2) is 59.1 Å². The monoisotopic (exact) mass is 563 g/mol. The molecule has 2 fully saturated rings. The molecule has 0 aromatic heterocycles. The molecule has 1 aliphatic carbocycles. The minimum atomic E-state index is -5.25. The van der Waals surface area contributed by atoms with Gasteiger partial charge >= 0.3 is 6.18 Å². The average Bonchev–Trinajstić information content (AvgIpc) is 3.68. The standard InChI is InChI=1S/C28H29F4N3O5/c1-26(33)14-39-24-20(26)11-22(35-23(24)15-2-5-18(29)6-3-15)27(38,28(30,31)32)13-34-25(37)16-4-9-21(17(10-16)12-36)40-19-7-8-19/h2-6,9-11,19,23-24,36,38H,7-8,12-14,33H2,1H3,(H,34,37). The smallest absolute Gasteiger partial charge is 0.424 e. The van der Waals surface area contributed by atoms with Crippen molar-refractivity contribution in [2.75, 3.05) is 13.2 Å². The highest BCUT2D eigenvalue weighted by molar-refractivity contribution is 6.05. The van der Waals surface area contributed by atoms with Gasteiger partial charge in [-0.05, 0) is 67.3 Å². The molecule has 40 heavy (non-hydrogen) atoms. The number of nitrogens with one attached hydrogen (secondary N) is 1. The van der Waals surface area contributed by atoms with Gasteiger partial charge < -0.3 is 30.7 Å². The second-order valence-electron chi connectivity index (χ2n) is 10.6. The summed E-state index contributed by atoms with van der Waals surface area (Å²) in [6.07, 6.45) is -3.20. The second-order valence-corrected chi connectivity index (χ2v) is 10.6. The Labute approximate surface area is 227 Å². The van der Waals surface area contributed by atoms with Crippen molar-refractivity contribution in [3.8, 4) is 5.75 Å². The number of amides is 1. The predicted molar refractivity (Wildman–Crippen MR) is 136 cm³/mol. The first-order valence-corrected chi connectivity index (χ1v) is 12.8. The minimum Gasteiger partial charge on any atom is -0.490 e.